The second-order valence-electron chi connectivity index (χ2n) is 2.47. The van der Waals surface area contributed by atoms with Crippen molar-refractivity contribution in [3.05, 3.63) is 0 Å². The second-order valence-corrected chi connectivity index (χ2v) is 2.47. The van der Waals surface area contributed by atoms with Gasteiger partial charge >= 0.3 is 0 Å². The van der Waals surface area contributed by atoms with E-state index in [2.05, 4.69) is 0 Å². The zero-order chi connectivity index (χ0) is 6.31. The predicted octanol–water partition coefficient (Wildman–Crippen LogP) is 0.202. The first-order valence-electron chi connectivity index (χ1n) is 2.86. The summed E-state index contributed by atoms with van der Waals surface area (Å²) in [4.78, 5) is 10.6. The number of Topliss-reactive ketones (excluding diaryl/α,β-unsaturated/α-hetero) is 1. The molecule has 2 heteroatoms. The molecule has 0 spiro atoms. The van der Waals surface area contributed by atoms with E-state index in [0.29, 0.717) is 0 Å². The van der Waals surface area contributed by atoms with E-state index in [1.165, 1.54) is 0 Å². The largest absolute Gasteiger partial charge is 0.392 e. The van der Waals surface area contributed by atoms with Gasteiger partial charge in [-0.3, -0.25) is 4.79 Å². The van der Waals surface area contributed by atoms with Crippen molar-refractivity contribution in [2.24, 2.45) is 11.8 Å². The van der Waals surface area contributed by atoms with E-state index in [9.17, 15) is 4.79 Å². The molecule has 1 aliphatic carbocycles. The van der Waals surface area contributed by atoms with Crippen molar-refractivity contribution in [1.82, 2.24) is 0 Å². The van der Waals surface area contributed by atoms with Crippen molar-refractivity contribution < 1.29 is 9.90 Å². The van der Waals surface area contributed by atoms with Crippen LogP contribution in [-0.2, 0) is 4.79 Å². The van der Waals surface area contributed by atoms with E-state index in [1.54, 1.807) is 13.8 Å². The third-order valence-corrected chi connectivity index (χ3v) is 1.92. The van der Waals surface area contributed by atoms with Gasteiger partial charge in [0.1, 0.15) is 5.78 Å². The molecule has 0 saturated heterocycles. The summed E-state index contributed by atoms with van der Waals surface area (Å²) in [6.07, 6.45) is -0.373. The third-order valence-electron chi connectivity index (χ3n) is 1.92. The third kappa shape index (κ3) is 0.494. The number of hydrogen-bond donors (Lipinski definition) is 1. The highest BCUT2D eigenvalue weighted by Gasteiger charge is 2.42. The fraction of sp³-hybridized carbons (Fsp3) is 0.833. The minimum atomic E-state index is -0.373. The number of aliphatic hydroxyl groups is 1. The monoisotopic (exact) mass is 114 g/mol. The summed E-state index contributed by atoms with van der Waals surface area (Å²) in [6, 6.07) is 0. The van der Waals surface area contributed by atoms with Crippen LogP contribution in [0.15, 0.2) is 0 Å². The first kappa shape index (κ1) is 5.76. The molecule has 8 heavy (non-hydrogen) atoms. The maximum atomic E-state index is 10.6. The van der Waals surface area contributed by atoms with Gasteiger partial charge < -0.3 is 5.11 Å². The maximum Gasteiger partial charge on any atom is 0.143 e. The molecule has 0 radical (unpaired) electrons. The van der Waals surface area contributed by atoms with Crippen molar-refractivity contribution in [2.45, 2.75) is 20.0 Å². The topological polar surface area (TPSA) is 37.3 Å². The quantitative estimate of drug-likeness (QED) is 0.488. The van der Waals surface area contributed by atoms with Gasteiger partial charge in [-0.05, 0) is 0 Å². The minimum Gasteiger partial charge on any atom is -0.392 e. The Morgan fingerprint density at radius 3 is 1.88 bits per heavy atom. The van der Waals surface area contributed by atoms with Crippen LogP contribution < -0.4 is 0 Å². The van der Waals surface area contributed by atoms with Crippen molar-refractivity contribution in [3.8, 4) is 0 Å². The second kappa shape index (κ2) is 1.55. The van der Waals surface area contributed by atoms with Gasteiger partial charge in [0.25, 0.3) is 0 Å². The lowest BCUT2D eigenvalue weighted by molar-refractivity contribution is -0.148. The molecule has 46 valence electrons. The lowest BCUT2D eigenvalue weighted by atomic mass is 9.73. The number of rotatable bonds is 0. The van der Waals surface area contributed by atoms with Crippen molar-refractivity contribution in [1.29, 1.82) is 0 Å². The van der Waals surface area contributed by atoms with E-state index < -0.39 is 0 Å². The van der Waals surface area contributed by atoms with Crippen LogP contribution in [0.4, 0.5) is 0 Å². The lowest BCUT2D eigenvalue weighted by Gasteiger charge is -2.34. The molecule has 1 aliphatic rings. The van der Waals surface area contributed by atoms with Crippen LogP contribution in [0, 0.1) is 11.8 Å². The van der Waals surface area contributed by atoms with Crippen LogP contribution in [0.2, 0.25) is 0 Å². The first-order valence-corrected chi connectivity index (χ1v) is 2.86. The van der Waals surface area contributed by atoms with Gasteiger partial charge in [0.15, 0.2) is 0 Å². The normalized spacial score (nSPS) is 46.4. The van der Waals surface area contributed by atoms with E-state index >= 15 is 0 Å². The summed E-state index contributed by atoms with van der Waals surface area (Å²) in [5.74, 6) is -0.0208. The van der Waals surface area contributed by atoms with Gasteiger partial charge in [-0.2, -0.15) is 0 Å². The highest BCUT2D eigenvalue weighted by Crippen LogP contribution is 2.28. The van der Waals surface area contributed by atoms with Gasteiger partial charge in [-0.1, -0.05) is 13.8 Å². The van der Waals surface area contributed by atoms with Gasteiger partial charge in [0, 0.05) is 11.8 Å². The molecule has 0 bridgehead atoms. The summed E-state index contributed by atoms with van der Waals surface area (Å²) in [5.41, 5.74) is 0. The van der Waals surface area contributed by atoms with Crippen LogP contribution in [0.3, 0.4) is 0 Å². The average molecular weight is 114 g/mol. The molecule has 1 rings (SSSR count). The number of carbonyl (C=O) groups excluding carboxylic acids is 1. The van der Waals surface area contributed by atoms with Gasteiger partial charge in [0.05, 0.1) is 6.10 Å². The molecule has 0 aromatic carbocycles. The molecule has 1 fully saturated rings. The Kier molecular flexibility index (Phi) is 1.12. The number of ketones is 1. The van der Waals surface area contributed by atoms with Crippen LogP contribution in [-0.4, -0.2) is 17.0 Å². The van der Waals surface area contributed by atoms with E-state index in [0.717, 1.165) is 0 Å². The smallest absolute Gasteiger partial charge is 0.143 e. The molecule has 2 nitrogen and oxygen atoms in total. The Labute approximate surface area is 48.5 Å². The van der Waals surface area contributed by atoms with Gasteiger partial charge in [0.2, 0.25) is 0 Å². The lowest BCUT2D eigenvalue weighted by Crippen LogP contribution is -2.48. The molecule has 0 aliphatic heterocycles. The van der Waals surface area contributed by atoms with Crippen molar-refractivity contribution in [3.63, 3.8) is 0 Å². The fourth-order valence-electron chi connectivity index (χ4n) is 1.07. The predicted molar refractivity (Wildman–Crippen MR) is 29.3 cm³/mol. The Morgan fingerprint density at radius 1 is 1.38 bits per heavy atom. The van der Waals surface area contributed by atoms with E-state index in [4.69, 9.17) is 5.11 Å². The molecule has 0 heterocycles. The zero-order valence-corrected chi connectivity index (χ0v) is 5.09. The molecule has 1 N–H and O–H groups in total. The summed E-state index contributed by atoms with van der Waals surface area (Å²) in [6.45, 7) is 3.51. The maximum absolute atomic E-state index is 10.6. The van der Waals surface area contributed by atoms with Gasteiger partial charge in [-0.25, -0.2) is 0 Å². The number of aliphatic hydroxyl groups excluding tert-OH is 1. The van der Waals surface area contributed by atoms with Crippen LogP contribution in [0.1, 0.15) is 13.8 Å². The molecular weight excluding hydrogens is 104 g/mol. The molecular formula is C6H10O2. The van der Waals surface area contributed by atoms with Crippen molar-refractivity contribution in [2.75, 3.05) is 0 Å². The molecule has 0 aromatic rings. The van der Waals surface area contributed by atoms with E-state index in [1.807, 2.05) is 0 Å². The zero-order valence-electron chi connectivity index (χ0n) is 5.09. The highest BCUT2D eigenvalue weighted by molar-refractivity contribution is 5.90. The van der Waals surface area contributed by atoms with Crippen LogP contribution in [0.5, 0.6) is 0 Å². The first-order chi connectivity index (χ1) is 3.64. The number of hydrogen-bond acceptors (Lipinski definition) is 2. The molecule has 2 unspecified atom stereocenters. The molecule has 0 amide bonds. The van der Waals surface area contributed by atoms with Crippen molar-refractivity contribution >= 4 is 5.78 Å². The molecule has 0 aromatic heterocycles. The Bertz CT molecular complexity index is 108. The Balaban J connectivity index is 2.55. The Morgan fingerprint density at radius 2 is 1.75 bits per heavy atom. The molecule has 1 saturated carbocycles. The van der Waals surface area contributed by atoms with Crippen LogP contribution >= 0.6 is 0 Å². The Hall–Kier alpha value is -0.370. The van der Waals surface area contributed by atoms with Crippen LogP contribution in [0.25, 0.3) is 0 Å². The standard InChI is InChI=1S/C6H10O2/c1-3-5(7)4(2)6(3)8/h3-5,7H,1-2H3. The summed E-state index contributed by atoms with van der Waals surface area (Å²) in [5, 5.41) is 8.93. The number of carbonyl (C=O) groups is 1. The van der Waals surface area contributed by atoms with Gasteiger partial charge in [-0.15, -0.1) is 0 Å². The molecule has 2 atom stereocenters. The SMILES string of the molecule is CC1C(=O)C(C)C1O. The van der Waals surface area contributed by atoms with E-state index in [-0.39, 0.29) is 23.7 Å². The fourth-order valence-corrected chi connectivity index (χ4v) is 1.07. The summed E-state index contributed by atoms with van der Waals surface area (Å²) < 4.78 is 0. The highest BCUT2D eigenvalue weighted by atomic mass is 16.3. The summed E-state index contributed by atoms with van der Waals surface area (Å²) in [7, 11) is 0. The average Bonchev–Trinajstić information content (AvgIpc) is 1.83. The minimum absolute atomic E-state index is 0.106. The summed E-state index contributed by atoms with van der Waals surface area (Å²) >= 11 is 0.